The number of pyridine rings is 1. The molecule has 0 saturated carbocycles. The number of amides is 3. The Bertz CT molecular complexity index is 604. The van der Waals surface area contributed by atoms with Crippen LogP contribution in [0.2, 0.25) is 0 Å². The lowest BCUT2D eigenvalue weighted by molar-refractivity contribution is -0.138. The number of nitrogens with zero attached hydrogens (tertiary/aromatic N) is 1. The lowest BCUT2D eigenvalue weighted by atomic mass is 10.4. The highest BCUT2D eigenvalue weighted by Gasteiger charge is 2.20. The fourth-order valence-corrected chi connectivity index (χ4v) is 2.01. The Morgan fingerprint density at radius 1 is 1.19 bits per heavy atom. The maximum Gasteiger partial charge on any atom is 0.313 e. The molecule has 1 aliphatic heterocycles. The number of hydrogen-bond acceptors (Lipinski definition) is 4. The van der Waals surface area contributed by atoms with Crippen molar-refractivity contribution in [1.82, 2.24) is 15.2 Å². The molecular weight excluding hydrogens is 276 g/mol. The number of anilines is 1. The Morgan fingerprint density at radius 2 is 1.90 bits per heavy atom. The van der Waals surface area contributed by atoms with Crippen LogP contribution in [0, 0.1) is 0 Å². The number of nitrogens with one attached hydrogen (secondary N) is 3. The molecule has 3 amide bonds. The van der Waals surface area contributed by atoms with Crippen LogP contribution in [0.15, 0.2) is 23.3 Å². The van der Waals surface area contributed by atoms with E-state index in [0.717, 1.165) is 12.8 Å². The van der Waals surface area contributed by atoms with Gasteiger partial charge in [0.1, 0.15) is 5.69 Å². The Balaban J connectivity index is 1.83. The lowest BCUT2D eigenvalue weighted by Gasteiger charge is -2.15. The summed E-state index contributed by atoms with van der Waals surface area (Å²) in [5.41, 5.74) is -0.438. The van der Waals surface area contributed by atoms with Crippen LogP contribution in [-0.4, -0.2) is 47.2 Å². The van der Waals surface area contributed by atoms with Gasteiger partial charge in [-0.2, -0.15) is 0 Å². The minimum Gasteiger partial charge on any atom is -0.366 e. The second-order valence-electron chi connectivity index (χ2n) is 4.65. The number of rotatable bonds is 3. The molecule has 2 rings (SSSR count). The van der Waals surface area contributed by atoms with Crippen LogP contribution in [0.5, 0.6) is 0 Å². The largest absolute Gasteiger partial charge is 0.366 e. The molecule has 0 bridgehead atoms. The number of carbonyl (C=O) groups is 3. The molecular formula is C13H16N4O4. The molecule has 8 heteroatoms. The Kier molecular flexibility index (Phi) is 4.70. The van der Waals surface area contributed by atoms with Crippen LogP contribution < -0.4 is 16.1 Å². The van der Waals surface area contributed by atoms with Crippen molar-refractivity contribution in [3.63, 3.8) is 0 Å². The summed E-state index contributed by atoms with van der Waals surface area (Å²) >= 11 is 0. The quantitative estimate of drug-likeness (QED) is 0.624. The molecule has 1 aromatic heterocycles. The summed E-state index contributed by atoms with van der Waals surface area (Å²) in [6.07, 6.45) is 4.60. The van der Waals surface area contributed by atoms with E-state index < -0.39 is 17.2 Å². The van der Waals surface area contributed by atoms with Crippen molar-refractivity contribution >= 4 is 23.4 Å². The Labute approximate surface area is 120 Å². The summed E-state index contributed by atoms with van der Waals surface area (Å²) < 4.78 is 0. The SMILES string of the molecule is O=C(NCC(=O)N1CCCC1)C(=O)Nc1c[nH]ccc1=O. The zero-order valence-corrected chi connectivity index (χ0v) is 11.3. The Hall–Kier alpha value is -2.64. The Morgan fingerprint density at radius 3 is 2.57 bits per heavy atom. The topological polar surface area (TPSA) is 111 Å². The van der Waals surface area contributed by atoms with Gasteiger partial charge in [0.25, 0.3) is 0 Å². The van der Waals surface area contributed by atoms with Crippen molar-refractivity contribution in [3.8, 4) is 0 Å². The van der Waals surface area contributed by atoms with Gasteiger partial charge < -0.3 is 20.5 Å². The summed E-state index contributed by atoms with van der Waals surface area (Å²) in [4.78, 5) is 50.5. The summed E-state index contributed by atoms with van der Waals surface area (Å²) in [6, 6.07) is 1.23. The molecule has 21 heavy (non-hydrogen) atoms. The number of aromatic amines is 1. The van der Waals surface area contributed by atoms with Gasteiger partial charge >= 0.3 is 11.8 Å². The van der Waals surface area contributed by atoms with Crippen LogP contribution in [0.3, 0.4) is 0 Å². The first-order chi connectivity index (χ1) is 10.1. The molecule has 1 aliphatic rings. The number of carbonyl (C=O) groups excluding carboxylic acids is 3. The highest BCUT2D eigenvalue weighted by Crippen LogP contribution is 2.06. The molecule has 0 atom stereocenters. The third-order valence-corrected chi connectivity index (χ3v) is 3.14. The zero-order chi connectivity index (χ0) is 15.2. The predicted octanol–water partition coefficient (Wildman–Crippen LogP) is -0.948. The molecule has 112 valence electrons. The molecule has 0 radical (unpaired) electrons. The molecule has 0 aromatic carbocycles. The van der Waals surface area contributed by atoms with Crippen molar-refractivity contribution in [2.45, 2.75) is 12.8 Å². The van der Waals surface area contributed by atoms with Crippen LogP contribution in [-0.2, 0) is 14.4 Å². The number of aromatic nitrogens is 1. The van der Waals surface area contributed by atoms with E-state index >= 15 is 0 Å². The van der Waals surface area contributed by atoms with E-state index in [1.165, 1.54) is 18.5 Å². The van der Waals surface area contributed by atoms with E-state index in [1.54, 1.807) is 4.90 Å². The van der Waals surface area contributed by atoms with Gasteiger partial charge in [0.05, 0.1) is 6.54 Å². The van der Waals surface area contributed by atoms with Gasteiger partial charge in [-0.1, -0.05) is 0 Å². The smallest absolute Gasteiger partial charge is 0.313 e. The number of hydrogen-bond donors (Lipinski definition) is 3. The van der Waals surface area contributed by atoms with Crippen LogP contribution in [0.4, 0.5) is 5.69 Å². The van der Waals surface area contributed by atoms with Crippen molar-refractivity contribution in [2.75, 3.05) is 25.0 Å². The first-order valence-corrected chi connectivity index (χ1v) is 6.62. The first kappa shape index (κ1) is 14.8. The van der Waals surface area contributed by atoms with Gasteiger partial charge in [-0.3, -0.25) is 19.2 Å². The minimum atomic E-state index is -0.985. The van der Waals surface area contributed by atoms with Gasteiger partial charge in [-0.05, 0) is 12.8 Å². The average molecular weight is 292 g/mol. The number of H-pyrrole nitrogens is 1. The van der Waals surface area contributed by atoms with Crippen LogP contribution >= 0.6 is 0 Å². The summed E-state index contributed by atoms with van der Waals surface area (Å²) in [6.45, 7) is 1.14. The van der Waals surface area contributed by atoms with Gasteiger partial charge in [0, 0.05) is 31.5 Å². The summed E-state index contributed by atoms with van der Waals surface area (Å²) in [5, 5.41) is 4.43. The molecule has 0 spiro atoms. The van der Waals surface area contributed by atoms with Crippen LogP contribution in [0.1, 0.15) is 12.8 Å². The number of likely N-dealkylation sites (tertiary alicyclic amines) is 1. The fourth-order valence-electron chi connectivity index (χ4n) is 2.01. The zero-order valence-electron chi connectivity index (χ0n) is 11.3. The molecule has 8 nitrogen and oxygen atoms in total. The molecule has 1 saturated heterocycles. The third kappa shape index (κ3) is 3.91. The van der Waals surface area contributed by atoms with Gasteiger partial charge in [0.15, 0.2) is 0 Å². The van der Waals surface area contributed by atoms with Crippen molar-refractivity contribution in [3.05, 3.63) is 28.7 Å². The second kappa shape index (κ2) is 6.69. The summed E-state index contributed by atoms with van der Waals surface area (Å²) in [5.74, 6) is -2.15. The van der Waals surface area contributed by atoms with Gasteiger partial charge in [0.2, 0.25) is 11.3 Å². The highest BCUT2D eigenvalue weighted by molar-refractivity contribution is 6.39. The van der Waals surface area contributed by atoms with Crippen molar-refractivity contribution in [2.24, 2.45) is 0 Å². The maximum absolute atomic E-state index is 11.7. The monoisotopic (exact) mass is 292 g/mol. The molecule has 1 aromatic rings. The maximum atomic E-state index is 11.7. The van der Waals surface area contributed by atoms with Crippen molar-refractivity contribution in [1.29, 1.82) is 0 Å². The third-order valence-electron chi connectivity index (χ3n) is 3.14. The normalized spacial score (nSPS) is 13.8. The molecule has 3 N–H and O–H groups in total. The highest BCUT2D eigenvalue weighted by atomic mass is 16.2. The van der Waals surface area contributed by atoms with E-state index in [9.17, 15) is 19.2 Å². The van der Waals surface area contributed by atoms with E-state index in [-0.39, 0.29) is 18.1 Å². The van der Waals surface area contributed by atoms with E-state index in [0.29, 0.717) is 13.1 Å². The second-order valence-corrected chi connectivity index (χ2v) is 4.65. The summed E-state index contributed by atoms with van der Waals surface area (Å²) in [7, 11) is 0. The van der Waals surface area contributed by atoms with Crippen molar-refractivity contribution < 1.29 is 14.4 Å². The predicted molar refractivity (Wildman–Crippen MR) is 74.5 cm³/mol. The van der Waals surface area contributed by atoms with Gasteiger partial charge in [-0.25, -0.2) is 0 Å². The van der Waals surface area contributed by atoms with Crippen LogP contribution in [0.25, 0.3) is 0 Å². The van der Waals surface area contributed by atoms with Gasteiger partial charge in [-0.15, -0.1) is 0 Å². The standard InChI is InChI=1S/C13H16N4O4/c18-10-3-4-14-7-9(10)16-13(21)12(20)15-8-11(19)17-5-1-2-6-17/h3-4,7H,1-2,5-6,8H2,(H,14,18)(H,15,20)(H,16,21). The molecule has 0 aliphatic carbocycles. The van der Waals surface area contributed by atoms with E-state index in [1.807, 2.05) is 0 Å². The fraction of sp³-hybridized carbons (Fsp3) is 0.385. The average Bonchev–Trinajstić information content (AvgIpc) is 3.01. The van der Waals surface area contributed by atoms with E-state index in [4.69, 9.17) is 0 Å². The van der Waals surface area contributed by atoms with E-state index in [2.05, 4.69) is 15.6 Å². The first-order valence-electron chi connectivity index (χ1n) is 6.62. The molecule has 0 unspecified atom stereocenters. The minimum absolute atomic E-state index is 0.0245. The molecule has 1 fully saturated rings. The lowest BCUT2D eigenvalue weighted by Crippen LogP contribution is -2.43. The molecule has 2 heterocycles.